The summed E-state index contributed by atoms with van der Waals surface area (Å²) in [4.78, 5) is 22.7. The first-order chi connectivity index (χ1) is 19.3. The van der Waals surface area contributed by atoms with Crippen molar-refractivity contribution in [2.24, 2.45) is 0 Å². The predicted octanol–water partition coefficient (Wildman–Crippen LogP) is 2.88. The van der Waals surface area contributed by atoms with Gasteiger partial charge in [0.05, 0.1) is 37.5 Å². The van der Waals surface area contributed by atoms with E-state index in [9.17, 15) is 19.8 Å². The van der Waals surface area contributed by atoms with Gasteiger partial charge in [0.1, 0.15) is 17.2 Å². The Morgan fingerprint density at radius 1 is 0.927 bits per heavy atom. The predicted molar refractivity (Wildman–Crippen MR) is 152 cm³/mol. The number of phenolic OH excluding ortho intramolecular Hbond substituents is 1. The summed E-state index contributed by atoms with van der Waals surface area (Å²) in [6.45, 7) is 3.77. The molecule has 0 fully saturated rings. The molecular formula is C32H36ClNaO7. The third-order valence-corrected chi connectivity index (χ3v) is 6.69. The topological polar surface area (TPSA) is 105 Å². The van der Waals surface area contributed by atoms with Crippen LogP contribution in [-0.2, 0) is 22.4 Å². The number of ether oxygens (including phenoxy) is 3. The van der Waals surface area contributed by atoms with Crippen LogP contribution < -0.4 is 44.1 Å². The zero-order chi connectivity index (χ0) is 28.9. The molecule has 3 aromatic rings. The fourth-order valence-electron chi connectivity index (χ4n) is 4.40. The van der Waals surface area contributed by atoms with Gasteiger partial charge in [-0.05, 0) is 80.1 Å². The van der Waals surface area contributed by atoms with Crippen LogP contribution in [0.25, 0.3) is 0 Å². The number of carbonyl (C=O) groups is 2. The van der Waals surface area contributed by atoms with Crippen molar-refractivity contribution in [2.75, 3.05) is 19.8 Å². The standard InChI is InChI=1S/C32H37ClO7.Na/c1-3-6-28-30(18-17-27(22(2)34)32(28)37)39-20-5-19-38-26-15-11-24(12-16-26)29(40-21-31(35)36)8-4-7-23-9-13-25(33)14-10-23;/h9-18,29,37H,3-8,19-21H2,1-2H3,(H,35,36);/q;+1/p-1. The molecule has 1 unspecified atom stereocenters. The summed E-state index contributed by atoms with van der Waals surface area (Å²) < 4.78 is 17.4. The van der Waals surface area contributed by atoms with E-state index in [2.05, 4.69) is 0 Å². The molecule has 0 bridgehead atoms. The molecule has 9 heteroatoms. The van der Waals surface area contributed by atoms with Gasteiger partial charge in [0.25, 0.3) is 0 Å². The van der Waals surface area contributed by atoms with Crippen molar-refractivity contribution in [3.8, 4) is 17.2 Å². The second-order valence-electron chi connectivity index (χ2n) is 9.55. The number of carbonyl (C=O) groups excluding carboxylic acids is 2. The number of carboxylic acid groups (broad SMARTS) is 1. The van der Waals surface area contributed by atoms with Crippen molar-refractivity contribution in [2.45, 2.75) is 58.5 Å². The van der Waals surface area contributed by atoms with Gasteiger partial charge in [0, 0.05) is 17.0 Å². The molecule has 0 spiro atoms. The summed E-state index contributed by atoms with van der Waals surface area (Å²) in [5.74, 6) is -0.187. The Hall–Kier alpha value is -2.55. The van der Waals surface area contributed by atoms with E-state index in [-0.39, 0.29) is 47.2 Å². The van der Waals surface area contributed by atoms with Crippen molar-refractivity contribution < 1.29 is 63.6 Å². The zero-order valence-electron chi connectivity index (χ0n) is 24.0. The SMILES string of the molecule is CCCc1c(OCCCOc2ccc(C(CCCc3ccc(Cl)cc3)OCC(=O)[O-])cc2)ccc(C(C)=O)c1O.[Na+]. The Morgan fingerprint density at radius 2 is 1.61 bits per heavy atom. The molecule has 0 aliphatic heterocycles. The van der Waals surface area contributed by atoms with Crippen LogP contribution in [0.2, 0.25) is 5.02 Å². The second-order valence-corrected chi connectivity index (χ2v) is 9.99. The molecule has 0 aromatic heterocycles. The van der Waals surface area contributed by atoms with Crippen LogP contribution in [0.1, 0.15) is 72.7 Å². The number of carboxylic acids is 1. The number of halogens is 1. The second kappa shape index (κ2) is 18.1. The number of Topliss-reactive ketones (excluding diaryl/α,β-unsaturated/α-hetero) is 1. The number of hydrogen-bond donors (Lipinski definition) is 1. The molecule has 1 N–H and O–H groups in total. The maximum Gasteiger partial charge on any atom is 1.00 e. The summed E-state index contributed by atoms with van der Waals surface area (Å²) in [5, 5.41) is 22.2. The van der Waals surface area contributed by atoms with Crippen LogP contribution >= 0.6 is 11.6 Å². The third kappa shape index (κ3) is 11.3. The number of aliphatic carboxylic acids is 1. The molecule has 0 aliphatic carbocycles. The molecule has 214 valence electrons. The summed E-state index contributed by atoms with van der Waals surface area (Å²) in [7, 11) is 0. The van der Waals surface area contributed by atoms with Crippen molar-refractivity contribution in [3.63, 3.8) is 0 Å². The zero-order valence-corrected chi connectivity index (χ0v) is 26.7. The minimum absolute atomic E-state index is 0. The van der Waals surface area contributed by atoms with Crippen LogP contribution in [0, 0.1) is 0 Å². The monoisotopic (exact) mass is 590 g/mol. The molecule has 41 heavy (non-hydrogen) atoms. The molecule has 0 heterocycles. The third-order valence-electron chi connectivity index (χ3n) is 6.43. The molecule has 0 radical (unpaired) electrons. The largest absolute Gasteiger partial charge is 1.00 e. The first-order valence-electron chi connectivity index (χ1n) is 13.6. The van der Waals surface area contributed by atoms with E-state index in [0.29, 0.717) is 60.1 Å². The molecule has 1 atom stereocenters. The van der Waals surface area contributed by atoms with Gasteiger partial charge in [0.2, 0.25) is 0 Å². The first kappa shape index (κ1) is 34.7. The Morgan fingerprint density at radius 3 is 2.24 bits per heavy atom. The van der Waals surface area contributed by atoms with E-state index in [4.69, 9.17) is 25.8 Å². The van der Waals surface area contributed by atoms with E-state index in [1.807, 2.05) is 55.5 Å². The van der Waals surface area contributed by atoms with E-state index in [1.54, 1.807) is 12.1 Å². The number of ketones is 1. The average molecular weight is 591 g/mol. The number of hydrogen-bond acceptors (Lipinski definition) is 7. The average Bonchev–Trinajstić information content (AvgIpc) is 2.93. The van der Waals surface area contributed by atoms with Crippen molar-refractivity contribution in [1.82, 2.24) is 0 Å². The van der Waals surface area contributed by atoms with Crippen LogP contribution in [-0.4, -0.2) is 36.7 Å². The molecule has 3 rings (SSSR count). The van der Waals surface area contributed by atoms with Crippen LogP contribution in [0.5, 0.6) is 17.2 Å². The van der Waals surface area contributed by atoms with Gasteiger partial charge in [0.15, 0.2) is 5.78 Å². The number of aromatic hydroxyl groups is 1. The minimum atomic E-state index is -1.25. The van der Waals surface area contributed by atoms with Crippen molar-refractivity contribution >= 4 is 23.4 Å². The summed E-state index contributed by atoms with van der Waals surface area (Å²) in [6, 6.07) is 18.4. The van der Waals surface area contributed by atoms with Crippen LogP contribution in [0.4, 0.5) is 0 Å². The summed E-state index contributed by atoms with van der Waals surface area (Å²) >= 11 is 5.95. The summed E-state index contributed by atoms with van der Waals surface area (Å²) in [6.07, 6.45) is 3.95. The molecule has 7 nitrogen and oxygen atoms in total. The fourth-order valence-corrected chi connectivity index (χ4v) is 4.52. The van der Waals surface area contributed by atoms with Crippen molar-refractivity contribution in [3.05, 3.63) is 87.9 Å². The van der Waals surface area contributed by atoms with Gasteiger partial charge in [-0.1, -0.05) is 49.2 Å². The normalized spacial score (nSPS) is 11.4. The van der Waals surface area contributed by atoms with Gasteiger partial charge in [-0.25, -0.2) is 0 Å². The number of phenols is 1. The maximum absolute atomic E-state index is 11.7. The minimum Gasteiger partial charge on any atom is -0.548 e. The van der Waals surface area contributed by atoms with Gasteiger partial charge >= 0.3 is 29.6 Å². The quantitative estimate of drug-likeness (QED) is 0.146. The number of rotatable bonds is 17. The van der Waals surface area contributed by atoms with Gasteiger partial charge in [-0.15, -0.1) is 0 Å². The molecular weight excluding hydrogens is 555 g/mol. The van der Waals surface area contributed by atoms with Gasteiger partial charge in [-0.3, -0.25) is 4.79 Å². The molecule has 0 saturated heterocycles. The summed E-state index contributed by atoms with van der Waals surface area (Å²) in [5.41, 5.74) is 2.97. The Labute approximate surface area is 269 Å². The Balaban J connectivity index is 0.00000588. The smallest absolute Gasteiger partial charge is 0.548 e. The first-order valence-corrected chi connectivity index (χ1v) is 13.9. The van der Waals surface area contributed by atoms with Gasteiger partial charge in [-0.2, -0.15) is 0 Å². The van der Waals surface area contributed by atoms with Crippen LogP contribution in [0.15, 0.2) is 60.7 Å². The molecule has 3 aromatic carbocycles. The van der Waals surface area contributed by atoms with Gasteiger partial charge < -0.3 is 29.2 Å². The van der Waals surface area contributed by atoms with Crippen LogP contribution in [0.3, 0.4) is 0 Å². The Bertz CT molecular complexity index is 1250. The number of benzene rings is 3. The van der Waals surface area contributed by atoms with Crippen molar-refractivity contribution in [1.29, 1.82) is 0 Å². The molecule has 0 aliphatic rings. The molecule has 0 amide bonds. The maximum atomic E-state index is 11.7. The van der Waals surface area contributed by atoms with E-state index in [1.165, 1.54) is 6.92 Å². The van der Waals surface area contributed by atoms with E-state index in [0.717, 1.165) is 30.4 Å². The van der Waals surface area contributed by atoms with E-state index < -0.39 is 12.6 Å². The molecule has 0 saturated carbocycles. The van der Waals surface area contributed by atoms with E-state index >= 15 is 0 Å². The number of aryl methyl sites for hydroxylation is 1. The fraction of sp³-hybridized carbons (Fsp3) is 0.375. The Kier molecular flexibility index (Phi) is 15.3.